The van der Waals surface area contributed by atoms with Crippen molar-refractivity contribution in [3.05, 3.63) is 23.7 Å². The number of likely N-dealkylation sites (N-methyl/N-ethyl adjacent to an activating group) is 1. The van der Waals surface area contributed by atoms with Crippen molar-refractivity contribution < 1.29 is 14.0 Å². The van der Waals surface area contributed by atoms with Crippen LogP contribution in [0, 0.1) is 5.92 Å². The average molecular weight is 293 g/mol. The topological polar surface area (TPSA) is 74.6 Å². The molecule has 0 spiro atoms. The third-order valence-corrected chi connectivity index (χ3v) is 3.59. The third kappa shape index (κ3) is 4.60. The lowest BCUT2D eigenvalue weighted by atomic mass is 10.3. The molecular weight excluding hydrogens is 270 g/mol. The molecule has 2 atom stereocenters. The van der Waals surface area contributed by atoms with Crippen LogP contribution >= 0.6 is 0 Å². The van der Waals surface area contributed by atoms with E-state index in [-0.39, 0.29) is 12.5 Å². The van der Waals surface area contributed by atoms with Gasteiger partial charge in [0, 0.05) is 12.5 Å². The van der Waals surface area contributed by atoms with Crippen LogP contribution in [-0.2, 0) is 11.3 Å². The molecule has 0 unspecified atom stereocenters. The van der Waals surface area contributed by atoms with Crippen LogP contribution in [0.2, 0.25) is 0 Å². The Balaban J connectivity index is 1.76. The molecule has 3 amide bonds. The molecule has 1 aromatic rings. The monoisotopic (exact) mass is 293 g/mol. The molecule has 1 aliphatic rings. The number of furan rings is 1. The summed E-state index contributed by atoms with van der Waals surface area (Å²) in [5.74, 6) is 2.83. The summed E-state index contributed by atoms with van der Waals surface area (Å²) in [6.45, 7) is 5.19. The average Bonchev–Trinajstić information content (AvgIpc) is 2.94. The van der Waals surface area contributed by atoms with Gasteiger partial charge in [0.1, 0.15) is 11.5 Å². The number of imide groups is 1. The SMILES string of the molecule is CCNC(=O)NC(=O)CN(C)Cc1ccc([C@H]2C[C@@H]2C)o1. The van der Waals surface area contributed by atoms with Gasteiger partial charge in [-0.2, -0.15) is 0 Å². The van der Waals surface area contributed by atoms with Gasteiger partial charge in [0.2, 0.25) is 5.91 Å². The molecule has 0 aliphatic heterocycles. The second kappa shape index (κ2) is 6.76. The van der Waals surface area contributed by atoms with E-state index in [4.69, 9.17) is 4.42 Å². The minimum atomic E-state index is -0.459. The Morgan fingerprint density at radius 1 is 1.43 bits per heavy atom. The van der Waals surface area contributed by atoms with E-state index in [1.54, 1.807) is 6.92 Å². The second-order valence-electron chi connectivity index (χ2n) is 5.70. The van der Waals surface area contributed by atoms with E-state index >= 15 is 0 Å². The van der Waals surface area contributed by atoms with Crippen LogP contribution in [0.3, 0.4) is 0 Å². The van der Waals surface area contributed by atoms with Crippen LogP contribution in [0.4, 0.5) is 4.79 Å². The maximum atomic E-state index is 11.7. The molecule has 6 nitrogen and oxygen atoms in total. The number of rotatable bonds is 6. The maximum absolute atomic E-state index is 11.7. The van der Waals surface area contributed by atoms with E-state index in [2.05, 4.69) is 17.6 Å². The quantitative estimate of drug-likeness (QED) is 0.837. The van der Waals surface area contributed by atoms with Crippen LogP contribution in [0.25, 0.3) is 0 Å². The maximum Gasteiger partial charge on any atom is 0.321 e. The van der Waals surface area contributed by atoms with Crippen LogP contribution < -0.4 is 10.6 Å². The summed E-state index contributed by atoms with van der Waals surface area (Å²) in [5.41, 5.74) is 0. The Bertz CT molecular complexity index is 512. The molecule has 1 saturated carbocycles. The van der Waals surface area contributed by atoms with Crippen molar-refractivity contribution in [3.8, 4) is 0 Å². The van der Waals surface area contributed by atoms with E-state index < -0.39 is 6.03 Å². The number of amides is 3. The summed E-state index contributed by atoms with van der Waals surface area (Å²) in [6.07, 6.45) is 1.19. The Labute approximate surface area is 124 Å². The van der Waals surface area contributed by atoms with Gasteiger partial charge in [-0.15, -0.1) is 0 Å². The lowest BCUT2D eigenvalue weighted by Crippen LogP contribution is -2.43. The summed E-state index contributed by atoms with van der Waals surface area (Å²) in [5, 5.41) is 4.79. The normalized spacial score (nSPS) is 20.4. The van der Waals surface area contributed by atoms with E-state index in [1.807, 2.05) is 24.1 Å². The zero-order valence-electron chi connectivity index (χ0n) is 12.8. The summed E-state index contributed by atoms with van der Waals surface area (Å²) < 4.78 is 5.80. The lowest BCUT2D eigenvalue weighted by Gasteiger charge is -2.14. The van der Waals surface area contributed by atoms with Gasteiger partial charge in [-0.25, -0.2) is 4.79 Å². The Morgan fingerprint density at radius 3 is 2.76 bits per heavy atom. The first-order chi connectivity index (χ1) is 9.99. The largest absolute Gasteiger partial charge is 0.464 e. The van der Waals surface area contributed by atoms with Crippen molar-refractivity contribution in [1.82, 2.24) is 15.5 Å². The zero-order valence-corrected chi connectivity index (χ0v) is 12.8. The van der Waals surface area contributed by atoms with Crippen molar-refractivity contribution in [3.63, 3.8) is 0 Å². The van der Waals surface area contributed by atoms with Gasteiger partial charge in [0.25, 0.3) is 0 Å². The van der Waals surface area contributed by atoms with Gasteiger partial charge in [-0.3, -0.25) is 15.0 Å². The summed E-state index contributed by atoms with van der Waals surface area (Å²) in [4.78, 5) is 24.7. The number of urea groups is 1. The fourth-order valence-corrected chi connectivity index (χ4v) is 2.34. The van der Waals surface area contributed by atoms with Crippen molar-refractivity contribution >= 4 is 11.9 Å². The Morgan fingerprint density at radius 2 is 2.14 bits per heavy atom. The number of carbonyl (C=O) groups is 2. The van der Waals surface area contributed by atoms with Gasteiger partial charge in [0.15, 0.2) is 0 Å². The molecule has 21 heavy (non-hydrogen) atoms. The molecule has 116 valence electrons. The van der Waals surface area contributed by atoms with Crippen molar-refractivity contribution in [2.45, 2.75) is 32.7 Å². The minimum Gasteiger partial charge on any atom is -0.464 e. The van der Waals surface area contributed by atoms with Crippen LogP contribution in [0.1, 0.15) is 37.7 Å². The number of carbonyl (C=O) groups excluding carboxylic acids is 2. The molecule has 0 aromatic carbocycles. The fraction of sp³-hybridized carbons (Fsp3) is 0.600. The highest BCUT2D eigenvalue weighted by Gasteiger charge is 2.36. The second-order valence-corrected chi connectivity index (χ2v) is 5.70. The first kappa shape index (κ1) is 15.6. The van der Waals surface area contributed by atoms with Crippen molar-refractivity contribution in [1.29, 1.82) is 0 Å². The molecule has 0 radical (unpaired) electrons. The van der Waals surface area contributed by atoms with Gasteiger partial charge < -0.3 is 9.73 Å². The van der Waals surface area contributed by atoms with E-state index in [0.717, 1.165) is 11.5 Å². The van der Waals surface area contributed by atoms with E-state index in [9.17, 15) is 9.59 Å². The third-order valence-electron chi connectivity index (χ3n) is 3.59. The van der Waals surface area contributed by atoms with Crippen molar-refractivity contribution in [2.24, 2.45) is 5.92 Å². The highest BCUT2D eigenvalue weighted by atomic mass is 16.3. The van der Waals surface area contributed by atoms with Crippen molar-refractivity contribution in [2.75, 3.05) is 20.1 Å². The predicted molar refractivity (Wildman–Crippen MR) is 78.8 cm³/mol. The first-order valence-electron chi connectivity index (χ1n) is 7.34. The zero-order chi connectivity index (χ0) is 15.4. The van der Waals surface area contributed by atoms with Gasteiger partial charge in [-0.05, 0) is 38.4 Å². The number of nitrogens with one attached hydrogen (secondary N) is 2. The molecule has 2 rings (SSSR count). The standard InChI is InChI=1S/C15H23N3O3/c1-4-16-15(20)17-14(19)9-18(3)8-11-5-6-13(21-11)12-7-10(12)2/h5-6,10,12H,4,7-9H2,1-3H3,(H2,16,17,19,20)/t10-,12-/m0/s1. The predicted octanol–water partition coefficient (Wildman–Crippen LogP) is 1.68. The number of hydrogen-bond donors (Lipinski definition) is 2. The molecule has 1 aliphatic carbocycles. The molecule has 6 heteroatoms. The van der Waals surface area contributed by atoms with Gasteiger partial charge in [-0.1, -0.05) is 6.92 Å². The summed E-state index contributed by atoms with van der Waals surface area (Å²) in [7, 11) is 1.82. The minimum absolute atomic E-state index is 0.146. The molecule has 0 saturated heterocycles. The molecule has 1 fully saturated rings. The fourth-order valence-electron chi connectivity index (χ4n) is 2.34. The highest BCUT2D eigenvalue weighted by Crippen LogP contribution is 2.47. The Hall–Kier alpha value is -1.82. The number of nitrogens with zero attached hydrogens (tertiary/aromatic N) is 1. The number of hydrogen-bond acceptors (Lipinski definition) is 4. The van der Waals surface area contributed by atoms with Crippen LogP contribution in [-0.4, -0.2) is 37.0 Å². The van der Waals surface area contributed by atoms with Crippen LogP contribution in [0.15, 0.2) is 16.5 Å². The van der Waals surface area contributed by atoms with Gasteiger partial charge >= 0.3 is 6.03 Å². The molecular formula is C15H23N3O3. The van der Waals surface area contributed by atoms with E-state index in [1.165, 1.54) is 6.42 Å². The summed E-state index contributed by atoms with van der Waals surface area (Å²) >= 11 is 0. The van der Waals surface area contributed by atoms with Gasteiger partial charge in [0.05, 0.1) is 13.1 Å². The molecule has 0 bridgehead atoms. The molecule has 2 N–H and O–H groups in total. The smallest absolute Gasteiger partial charge is 0.321 e. The molecule has 1 heterocycles. The lowest BCUT2D eigenvalue weighted by molar-refractivity contribution is -0.121. The highest BCUT2D eigenvalue weighted by molar-refractivity contribution is 5.95. The Kier molecular flexibility index (Phi) is 5.01. The first-order valence-corrected chi connectivity index (χ1v) is 7.34. The molecule has 1 aromatic heterocycles. The van der Waals surface area contributed by atoms with Crippen LogP contribution in [0.5, 0.6) is 0 Å². The van der Waals surface area contributed by atoms with E-state index in [0.29, 0.717) is 24.9 Å². The summed E-state index contributed by atoms with van der Waals surface area (Å²) in [6, 6.07) is 3.52.